The van der Waals surface area contributed by atoms with Crippen LogP contribution in [0.2, 0.25) is 0 Å². The minimum atomic E-state index is 0.868. The first-order valence-electron chi connectivity index (χ1n) is 2.59. The Bertz CT molecular complexity index is 169. The van der Waals surface area contributed by atoms with Gasteiger partial charge in [0.1, 0.15) is 0 Å². The molecule has 2 nitrogen and oxygen atoms in total. The van der Waals surface area contributed by atoms with Crippen molar-refractivity contribution in [2.24, 2.45) is 7.05 Å². The normalized spacial score (nSPS) is 9.75. The van der Waals surface area contributed by atoms with Gasteiger partial charge in [-0.2, -0.15) is 0 Å². The van der Waals surface area contributed by atoms with E-state index in [0.717, 1.165) is 11.4 Å². The molecule has 1 aromatic rings. The van der Waals surface area contributed by atoms with E-state index in [1.807, 2.05) is 30.8 Å². The molecule has 0 unspecified atom stereocenters. The van der Waals surface area contributed by atoms with Gasteiger partial charge in [0.05, 0.1) is 5.69 Å². The van der Waals surface area contributed by atoms with Crippen molar-refractivity contribution in [1.82, 2.24) is 4.57 Å². The Balaban J connectivity index is 3.19. The van der Waals surface area contributed by atoms with Crippen LogP contribution >= 0.6 is 0 Å². The third kappa shape index (κ3) is 0.579. The summed E-state index contributed by atoms with van der Waals surface area (Å²) in [5.74, 6) is 0. The maximum absolute atomic E-state index is 5.52. The number of nitrogens with two attached hydrogens (primary N) is 1. The molecule has 2 N–H and O–H groups in total. The molecule has 2 heteroatoms. The van der Waals surface area contributed by atoms with Crippen LogP contribution in [0.1, 0.15) is 5.69 Å². The van der Waals surface area contributed by atoms with E-state index in [-0.39, 0.29) is 0 Å². The van der Waals surface area contributed by atoms with Crippen molar-refractivity contribution >= 4 is 5.69 Å². The molecule has 0 aromatic carbocycles. The summed E-state index contributed by atoms with van der Waals surface area (Å²) in [4.78, 5) is 0. The van der Waals surface area contributed by atoms with E-state index >= 15 is 0 Å². The van der Waals surface area contributed by atoms with Gasteiger partial charge < -0.3 is 10.3 Å². The summed E-state index contributed by atoms with van der Waals surface area (Å²) in [7, 11) is 1.98. The number of hydrogen-bond acceptors (Lipinski definition) is 1. The van der Waals surface area contributed by atoms with Gasteiger partial charge in [-0.15, -0.1) is 0 Å². The van der Waals surface area contributed by atoms with Crippen LogP contribution in [0.15, 0.2) is 12.3 Å². The second-order valence-electron chi connectivity index (χ2n) is 1.97. The fraction of sp³-hybridized carbons (Fsp3) is 0.333. The summed E-state index contributed by atoms with van der Waals surface area (Å²) in [6.45, 7) is 2.00. The van der Waals surface area contributed by atoms with Crippen molar-refractivity contribution in [2.75, 3.05) is 5.73 Å². The number of nitrogens with zero attached hydrogens (tertiary/aromatic N) is 1. The first-order chi connectivity index (χ1) is 3.72. The molecule has 0 atom stereocenters. The van der Waals surface area contributed by atoms with Crippen molar-refractivity contribution in [3.8, 4) is 0 Å². The molecular weight excluding hydrogens is 100 g/mol. The first kappa shape index (κ1) is 5.22. The Hall–Kier alpha value is -0.920. The Morgan fingerprint density at radius 2 is 2.25 bits per heavy atom. The third-order valence-corrected chi connectivity index (χ3v) is 1.42. The van der Waals surface area contributed by atoms with Gasteiger partial charge in [0.2, 0.25) is 0 Å². The SMILES string of the molecule is Cc1c(N)ccn1C. The predicted molar refractivity (Wildman–Crippen MR) is 34.6 cm³/mol. The molecular formula is C6H10N2. The molecule has 0 amide bonds. The smallest absolute Gasteiger partial charge is 0.0523 e. The summed E-state index contributed by atoms with van der Waals surface area (Å²) < 4.78 is 2.00. The number of rotatable bonds is 0. The molecule has 0 spiro atoms. The van der Waals surface area contributed by atoms with Gasteiger partial charge in [0.15, 0.2) is 0 Å². The lowest BCUT2D eigenvalue weighted by Gasteiger charge is -1.93. The Morgan fingerprint density at radius 1 is 1.62 bits per heavy atom. The van der Waals surface area contributed by atoms with Crippen molar-refractivity contribution in [1.29, 1.82) is 0 Å². The predicted octanol–water partition coefficient (Wildman–Crippen LogP) is 0.916. The zero-order valence-electron chi connectivity index (χ0n) is 5.18. The van der Waals surface area contributed by atoms with Gasteiger partial charge in [0.25, 0.3) is 0 Å². The van der Waals surface area contributed by atoms with Crippen molar-refractivity contribution < 1.29 is 0 Å². The van der Waals surface area contributed by atoms with E-state index in [1.165, 1.54) is 0 Å². The second kappa shape index (κ2) is 1.54. The highest BCUT2D eigenvalue weighted by Crippen LogP contribution is 2.08. The third-order valence-electron chi connectivity index (χ3n) is 1.42. The van der Waals surface area contributed by atoms with E-state index in [1.54, 1.807) is 0 Å². The van der Waals surface area contributed by atoms with Crippen LogP contribution in [0.3, 0.4) is 0 Å². The molecule has 1 rings (SSSR count). The van der Waals surface area contributed by atoms with E-state index in [4.69, 9.17) is 5.73 Å². The van der Waals surface area contributed by atoms with Crippen LogP contribution < -0.4 is 5.73 Å². The summed E-state index contributed by atoms with van der Waals surface area (Å²) >= 11 is 0. The fourth-order valence-electron chi connectivity index (χ4n) is 0.628. The molecule has 44 valence electrons. The molecule has 0 aliphatic carbocycles. The van der Waals surface area contributed by atoms with E-state index in [0.29, 0.717) is 0 Å². The maximum atomic E-state index is 5.52. The number of hydrogen-bond donors (Lipinski definition) is 1. The van der Waals surface area contributed by atoms with Gasteiger partial charge in [-0.3, -0.25) is 0 Å². The molecule has 0 radical (unpaired) electrons. The molecule has 1 aromatic heterocycles. The van der Waals surface area contributed by atoms with Gasteiger partial charge in [-0.1, -0.05) is 0 Å². The van der Waals surface area contributed by atoms with Crippen LogP contribution in [0.25, 0.3) is 0 Å². The topological polar surface area (TPSA) is 30.9 Å². The highest BCUT2D eigenvalue weighted by molar-refractivity contribution is 5.42. The highest BCUT2D eigenvalue weighted by Gasteiger charge is 1.92. The average Bonchev–Trinajstić information content (AvgIpc) is 1.98. The van der Waals surface area contributed by atoms with Crippen molar-refractivity contribution in [2.45, 2.75) is 6.92 Å². The summed E-state index contributed by atoms with van der Waals surface area (Å²) in [5.41, 5.74) is 7.52. The number of nitrogen functional groups attached to an aromatic ring is 1. The molecule has 0 bridgehead atoms. The number of anilines is 1. The summed E-state index contributed by atoms with van der Waals surface area (Å²) in [6.07, 6.45) is 1.95. The Labute approximate surface area is 48.9 Å². The lowest BCUT2D eigenvalue weighted by molar-refractivity contribution is 0.884. The van der Waals surface area contributed by atoms with Gasteiger partial charge in [-0.25, -0.2) is 0 Å². The van der Waals surface area contributed by atoms with E-state index in [2.05, 4.69) is 0 Å². The van der Waals surface area contributed by atoms with Crippen LogP contribution in [0.4, 0.5) is 5.69 Å². The Morgan fingerprint density at radius 3 is 2.38 bits per heavy atom. The summed E-state index contributed by atoms with van der Waals surface area (Å²) in [6, 6.07) is 1.90. The lowest BCUT2D eigenvalue weighted by atomic mass is 10.4. The van der Waals surface area contributed by atoms with Crippen LogP contribution in [0, 0.1) is 6.92 Å². The lowest BCUT2D eigenvalue weighted by Crippen LogP contribution is -1.90. The quantitative estimate of drug-likeness (QED) is 0.529. The molecule has 1 heterocycles. The molecule has 0 saturated carbocycles. The van der Waals surface area contributed by atoms with Crippen molar-refractivity contribution in [3.05, 3.63) is 18.0 Å². The zero-order valence-corrected chi connectivity index (χ0v) is 5.18. The highest BCUT2D eigenvalue weighted by atomic mass is 14.9. The van der Waals surface area contributed by atoms with Crippen LogP contribution in [-0.2, 0) is 7.05 Å². The van der Waals surface area contributed by atoms with Gasteiger partial charge in [0, 0.05) is 18.9 Å². The second-order valence-corrected chi connectivity index (χ2v) is 1.97. The Kier molecular flexibility index (Phi) is 1.01. The van der Waals surface area contributed by atoms with Crippen LogP contribution in [-0.4, -0.2) is 4.57 Å². The van der Waals surface area contributed by atoms with E-state index in [9.17, 15) is 0 Å². The number of aryl methyl sites for hydroxylation is 1. The van der Waals surface area contributed by atoms with Crippen molar-refractivity contribution in [3.63, 3.8) is 0 Å². The fourth-order valence-corrected chi connectivity index (χ4v) is 0.628. The minimum Gasteiger partial charge on any atom is -0.397 e. The zero-order chi connectivity index (χ0) is 6.15. The average molecular weight is 110 g/mol. The maximum Gasteiger partial charge on any atom is 0.0523 e. The minimum absolute atomic E-state index is 0.868. The van der Waals surface area contributed by atoms with Crippen LogP contribution in [0.5, 0.6) is 0 Å². The molecule has 8 heavy (non-hydrogen) atoms. The standard InChI is InChI=1S/C6H10N2/c1-5-6(7)3-4-8(5)2/h3-4H,7H2,1-2H3. The first-order valence-corrected chi connectivity index (χ1v) is 2.59. The number of aromatic nitrogens is 1. The molecule has 0 aliphatic rings. The molecule has 0 saturated heterocycles. The molecule has 0 fully saturated rings. The monoisotopic (exact) mass is 110 g/mol. The largest absolute Gasteiger partial charge is 0.397 e. The molecule has 0 aliphatic heterocycles. The summed E-state index contributed by atoms with van der Waals surface area (Å²) in [5, 5.41) is 0. The van der Waals surface area contributed by atoms with E-state index < -0.39 is 0 Å². The van der Waals surface area contributed by atoms with Gasteiger partial charge in [-0.05, 0) is 13.0 Å². The van der Waals surface area contributed by atoms with Gasteiger partial charge >= 0.3 is 0 Å².